The molecule has 0 aromatic heterocycles. The third-order valence-corrected chi connectivity index (χ3v) is 5.33. The molecular formula is C12H12ClN3O3S. The van der Waals surface area contributed by atoms with Gasteiger partial charge in [-0.15, -0.1) is 0 Å². The number of sulfonamides is 1. The van der Waals surface area contributed by atoms with E-state index in [-0.39, 0.29) is 41.9 Å². The molecule has 6 nitrogen and oxygen atoms in total. The second-order valence-corrected chi connectivity index (χ2v) is 6.57. The maximum atomic E-state index is 12.5. The summed E-state index contributed by atoms with van der Waals surface area (Å²) in [6, 6.07) is 5.93. The molecule has 8 heteroatoms. The van der Waals surface area contributed by atoms with Gasteiger partial charge in [0.15, 0.2) is 0 Å². The Labute approximate surface area is 122 Å². The van der Waals surface area contributed by atoms with Crippen molar-refractivity contribution in [3.8, 4) is 6.07 Å². The van der Waals surface area contributed by atoms with Gasteiger partial charge < -0.3 is 5.32 Å². The molecule has 2 rings (SSSR count). The van der Waals surface area contributed by atoms with Crippen molar-refractivity contribution in [2.45, 2.75) is 11.3 Å². The van der Waals surface area contributed by atoms with Crippen molar-refractivity contribution >= 4 is 27.5 Å². The Hall–Kier alpha value is -1.62. The van der Waals surface area contributed by atoms with Crippen molar-refractivity contribution in [2.24, 2.45) is 0 Å². The summed E-state index contributed by atoms with van der Waals surface area (Å²) in [4.78, 5) is 11.2. The fraction of sp³-hybridized carbons (Fsp3) is 0.333. The summed E-state index contributed by atoms with van der Waals surface area (Å²) in [5.41, 5.74) is 0.293. The van der Waals surface area contributed by atoms with Crippen LogP contribution in [0, 0.1) is 11.3 Å². The Balaban J connectivity index is 2.35. The normalized spacial score (nSPS) is 17.1. The minimum absolute atomic E-state index is 0.00702. The van der Waals surface area contributed by atoms with Gasteiger partial charge in [-0.05, 0) is 18.2 Å². The average molecular weight is 314 g/mol. The van der Waals surface area contributed by atoms with Gasteiger partial charge in [0.2, 0.25) is 15.9 Å². The highest BCUT2D eigenvalue weighted by molar-refractivity contribution is 7.89. The number of halogens is 1. The number of amides is 1. The Morgan fingerprint density at radius 3 is 2.75 bits per heavy atom. The predicted octanol–water partition coefficient (Wildman–Crippen LogP) is 0.722. The number of benzene rings is 1. The molecular weight excluding hydrogens is 302 g/mol. The molecule has 0 aliphatic carbocycles. The van der Waals surface area contributed by atoms with E-state index in [0.29, 0.717) is 5.56 Å². The summed E-state index contributed by atoms with van der Waals surface area (Å²) in [5, 5.41) is 11.4. The lowest BCUT2D eigenvalue weighted by Gasteiger charge is -2.19. The van der Waals surface area contributed by atoms with Gasteiger partial charge in [0.1, 0.15) is 4.90 Å². The van der Waals surface area contributed by atoms with Crippen molar-refractivity contribution < 1.29 is 13.2 Å². The maximum Gasteiger partial charge on any atom is 0.244 e. The van der Waals surface area contributed by atoms with Crippen molar-refractivity contribution in [3.05, 3.63) is 28.8 Å². The first kappa shape index (κ1) is 14.8. The molecule has 1 fully saturated rings. The van der Waals surface area contributed by atoms with Crippen LogP contribution in [0.4, 0.5) is 0 Å². The van der Waals surface area contributed by atoms with Gasteiger partial charge >= 0.3 is 0 Å². The van der Waals surface area contributed by atoms with Crippen LogP contribution in [0.25, 0.3) is 0 Å². The van der Waals surface area contributed by atoms with Crippen molar-refractivity contribution in [1.29, 1.82) is 5.26 Å². The van der Waals surface area contributed by atoms with Crippen LogP contribution in [-0.4, -0.2) is 38.3 Å². The fourth-order valence-electron chi connectivity index (χ4n) is 1.91. The number of hydrogen-bond donors (Lipinski definition) is 1. The second-order valence-electron chi connectivity index (χ2n) is 4.26. The highest BCUT2D eigenvalue weighted by atomic mass is 35.5. The van der Waals surface area contributed by atoms with E-state index < -0.39 is 10.0 Å². The molecule has 1 aromatic carbocycles. The first-order valence-electron chi connectivity index (χ1n) is 5.91. The second kappa shape index (κ2) is 5.79. The predicted molar refractivity (Wildman–Crippen MR) is 72.6 cm³/mol. The molecule has 1 heterocycles. The van der Waals surface area contributed by atoms with Crippen LogP contribution in [0.5, 0.6) is 0 Å². The minimum Gasteiger partial charge on any atom is -0.355 e. The van der Waals surface area contributed by atoms with Crippen LogP contribution >= 0.6 is 11.6 Å². The number of carbonyl (C=O) groups is 1. The van der Waals surface area contributed by atoms with E-state index in [1.165, 1.54) is 22.5 Å². The number of nitriles is 1. The van der Waals surface area contributed by atoms with E-state index in [1.54, 1.807) is 0 Å². The van der Waals surface area contributed by atoms with Gasteiger partial charge in [0.05, 0.1) is 16.7 Å². The van der Waals surface area contributed by atoms with E-state index in [9.17, 15) is 13.2 Å². The molecule has 1 saturated heterocycles. The zero-order valence-corrected chi connectivity index (χ0v) is 12.0. The van der Waals surface area contributed by atoms with E-state index in [4.69, 9.17) is 16.9 Å². The van der Waals surface area contributed by atoms with Crippen LogP contribution in [0.3, 0.4) is 0 Å². The SMILES string of the molecule is N#Cc1ccc(S(=O)(=O)N2CCNC(=O)CC2)c(Cl)c1. The number of nitrogens with one attached hydrogen (secondary N) is 1. The Morgan fingerprint density at radius 1 is 1.35 bits per heavy atom. The van der Waals surface area contributed by atoms with E-state index in [2.05, 4.69) is 5.32 Å². The number of rotatable bonds is 2. The van der Waals surface area contributed by atoms with Gasteiger partial charge in [-0.3, -0.25) is 4.79 Å². The van der Waals surface area contributed by atoms with Gasteiger partial charge in [-0.2, -0.15) is 9.57 Å². The highest BCUT2D eigenvalue weighted by Crippen LogP contribution is 2.26. The van der Waals surface area contributed by atoms with Crippen LogP contribution in [0.15, 0.2) is 23.1 Å². The standard InChI is InChI=1S/C12H12ClN3O3S/c13-10-7-9(8-14)1-2-11(10)20(18,19)16-5-3-12(17)15-4-6-16/h1-2,7H,3-6H2,(H,15,17). The van der Waals surface area contributed by atoms with Crippen LogP contribution in [0.1, 0.15) is 12.0 Å². The van der Waals surface area contributed by atoms with E-state index in [1.807, 2.05) is 6.07 Å². The van der Waals surface area contributed by atoms with Crippen molar-refractivity contribution in [2.75, 3.05) is 19.6 Å². The quantitative estimate of drug-likeness (QED) is 0.871. The Morgan fingerprint density at radius 2 is 2.10 bits per heavy atom. The molecule has 0 radical (unpaired) electrons. The maximum absolute atomic E-state index is 12.5. The number of nitrogens with zero attached hydrogens (tertiary/aromatic N) is 2. The van der Waals surface area contributed by atoms with Crippen molar-refractivity contribution in [3.63, 3.8) is 0 Å². The zero-order chi connectivity index (χ0) is 14.8. The molecule has 0 bridgehead atoms. The van der Waals surface area contributed by atoms with Crippen molar-refractivity contribution in [1.82, 2.24) is 9.62 Å². The monoisotopic (exact) mass is 313 g/mol. The van der Waals surface area contributed by atoms with Gasteiger partial charge in [-0.1, -0.05) is 11.6 Å². The first-order valence-corrected chi connectivity index (χ1v) is 7.73. The minimum atomic E-state index is -3.76. The molecule has 0 atom stereocenters. The molecule has 20 heavy (non-hydrogen) atoms. The summed E-state index contributed by atoms with van der Waals surface area (Å²) in [6.45, 7) is 0.584. The Kier molecular flexibility index (Phi) is 4.28. The molecule has 1 aliphatic rings. The molecule has 1 amide bonds. The molecule has 106 valence electrons. The summed E-state index contributed by atoms with van der Waals surface area (Å²) >= 11 is 5.94. The van der Waals surface area contributed by atoms with Gasteiger partial charge in [0.25, 0.3) is 0 Å². The van der Waals surface area contributed by atoms with Crippen LogP contribution in [0.2, 0.25) is 5.02 Å². The molecule has 1 aromatic rings. The van der Waals surface area contributed by atoms with Crippen LogP contribution < -0.4 is 5.32 Å². The Bertz CT molecular complexity index is 682. The van der Waals surface area contributed by atoms with Crippen LogP contribution in [-0.2, 0) is 14.8 Å². The van der Waals surface area contributed by atoms with E-state index in [0.717, 1.165) is 0 Å². The largest absolute Gasteiger partial charge is 0.355 e. The first-order chi connectivity index (χ1) is 9.45. The zero-order valence-electron chi connectivity index (χ0n) is 10.5. The fourth-order valence-corrected chi connectivity index (χ4v) is 3.87. The van der Waals surface area contributed by atoms with Gasteiger partial charge in [-0.25, -0.2) is 8.42 Å². The average Bonchev–Trinajstić information content (AvgIpc) is 2.63. The van der Waals surface area contributed by atoms with Gasteiger partial charge in [0, 0.05) is 26.1 Å². The molecule has 0 saturated carbocycles. The topological polar surface area (TPSA) is 90.3 Å². The smallest absolute Gasteiger partial charge is 0.244 e. The summed E-state index contributed by atoms with van der Waals surface area (Å²) < 4.78 is 26.2. The lowest BCUT2D eigenvalue weighted by atomic mass is 10.2. The molecule has 0 unspecified atom stereocenters. The lowest BCUT2D eigenvalue weighted by molar-refractivity contribution is -0.120. The third-order valence-electron chi connectivity index (χ3n) is 2.95. The lowest BCUT2D eigenvalue weighted by Crippen LogP contribution is -2.34. The third kappa shape index (κ3) is 2.93. The number of carbonyl (C=O) groups excluding carboxylic acids is 1. The summed E-state index contributed by atoms with van der Waals surface area (Å²) in [5.74, 6) is -0.173. The summed E-state index contributed by atoms with van der Waals surface area (Å²) in [6.07, 6.45) is 0.118. The molecule has 1 aliphatic heterocycles. The molecule has 0 spiro atoms. The van der Waals surface area contributed by atoms with E-state index >= 15 is 0 Å². The summed E-state index contributed by atoms with van der Waals surface area (Å²) in [7, 11) is -3.76. The highest BCUT2D eigenvalue weighted by Gasteiger charge is 2.28. The number of hydrogen-bond acceptors (Lipinski definition) is 4. The molecule has 1 N–H and O–H groups in total.